The SMILES string of the molecule is CN(CCO[Si](C)(C)C(C)(C)C)CC1CN(C(=O)OC(C)(C)C)C1. The van der Waals surface area contributed by atoms with Crippen molar-refractivity contribution in [3.63, 3.8) is 0 Å². The standard InChI is InChI=1S/C18H38N2O3Si/c1-17(2,3)23-16(21)20-13-15(14-20)12-19(7)10-11-22-24(8,9)18(4,5)6/h15H,10-14H2,1-9H3. The zero-order chi connectivity index (χ0) is 18.8. The normalized spacial score (nSPS) is 17.2. The van der Waals surface area contributed by atoms with Crippen LogP contribution in [0.5, 0.6) is 0 Å². The Balaban J connectivity index is 2.22. The van der Waals surface area contributed by atoms with E-state index in [0.717, 1.165) is 32.8 Å². The molecule has 1 aliphatic heterocycles. The van der Waals surface area contributed by atoms with Crippen molar-refractivity contribution < 1.29 is 14.0 Å². The third-order valence-corrected chi connectivity index (χ3v) is 9.46. The van der Waals surface area contributed by atoms with Crippen LogP contribution in [-0.4, -0.2) is 69.6 Å². The molecule has 1 saturated heterocycles. The molecule has 0 radical (unpaired) electrons. The highest BCUT2D eigenvalue weighted by Crippen LogP contribution is 2.36. The molecule has 1 fully saturated rings. The molecule has 142 valence electrons. The van der Waals surface area contributed by atoms with Crippen LogP contribution in [-0.2, 0) is 9.16 Å². The number of carbonyl (C=O) groups excluding carboxylic acids is 1. The Morgan fingerprint density at radius 2 is 1.71 bits per heavy atom. The van der Waals surface area contributed by atoms with Crippen LogP contribution >= 0.6 is 0 Å². The minimum Gasteiger partial charge on any atom is -0.444 e. The lowest BCUT2D eigenvalue weighted by atomic mass is 10.0. The van der Waals surface area contributed by atoms with Gasteiger partial charge in [0, 0.05) is 38.7 Å². The molecule has 0 N–H and O–H groups in total. The molecule has 1 aliphatic rings. The van der Waals surface area contributed by atoms with Gasteiger partial charge in [0.25, 0.3) is 0 Å². The maximum atomic E-state index is 11.9. The summed E-state index contributed by atoms with van der Waals surface area (Å²) in [4.78, 5) is 16.0. The smallest absolute Gasteiger partial charge is 0.410 e. The summed E-state index contributed by atoms with van der Waals surface area (Å²) in [5.74, 6) is 0.537. The van der Waals surface area contributed by atoms with Crippen LogP contribution in [0.4, 0.5) is 4.79 Å². The zero-order valence-corrected chi connectivity index (χ0v) is 18.2. The highest BCUT2D eigenvalue weighted by Gasteiger charge is 2.37. The summed E-state index contributed by atoms with van der Waals surface area (Å²) < 4.78 is 11.6. The fourth-order valence-electron chi connectivity index (χ4n) is 2.37. The molecular formula is C18H38N2O3Si. The van der Waals surface area contributed by atoms with Crippen molar-refractivity contribution in [3.8, 4) is 0 Å². The number of hydrogen-bond acceptors (Lipinski definition) is 4. The second-order valence-corrected chi connectivity index (χ2v) is 14.4. The summed E-state index contributed by atoms with van der Waals surface area (Å²) in [5.41, 5.74) is -0.417. The molecule has 0 bridgehead atoms. The summed E-state index contributed by atoms with van der Waals surface area (Å²) in [7, 11) is 0.479. The zero-order valence-electron chi connectivity index (χ0n) is 17.2. The second-order valence-electron chi connectivity index (χ2n) is 9.62. The van der Waals surface area contributed by atoms with Crippen LogP contribution in [0, 0.1) is 5.92 Å². The van der Waals surface area contributed by atoms with Crippen LogP contribution in [0.2, 0.25) is 18.1 Å². The summed E-state index contributed by atoms with van der Waals surface area (Å²) in [5, 5.41) is 0.257. The van der Waals surface area contributed by atoms with Gasteiger partial charge in [0.1, 0.15) is 5.60 Å². The maximum absolute atomic E-state index is 11.9. The molecule has 0 spiro atoms. The molecule has 0 aromatic rings. The van der Waals surface area contributed by atoms with Crippen LogP contribution in [0.25, 0.3) is 0 Å². The van der Waals surface area contributed by atoms with Crippen molar-refractivity contribution in [1.82, 2.24) is 9.80 Å². The minimum absolute atomic E-state index is 0.192. The summed E-state index contributed by atoms with van der Waals surface area (Å²) in [6.45, 7) is 21.4. The van der Waals surface area contributed by atoms with Crippen molar-refractivity contribution in [2.75, 3.05) is 39.8 Å². The predicted molar refractivity (Wildman–Crippen MR) is 102 cm³/mol. The second kappa shape index (κ2) is 7.75. The molecule has 1 amide bonds. The first-order valence-electron chi connectivity index (χ1n) is 9.02. The van der Waals surface area contributed by atoms with E-state index in [0.29, 0.717) is 5.92 Å². The molecule has 0 aromatic carbocycles. The van der Waals surface area contributed by atoms with Gasteiger partial charge < -0.3 is 19.0 Å². The summed E-state index contributed by atoms with van der Waals surface area (Å²) in [6, 6.07) is 0. The van der Waals surface area contributed by atoms with Crippen LogP contribution in [0.3, 0.4) is 0 Å². The molecule has 24 heavy (non-hydrogen) atoms. The van der Waals surface area contributed by atoms with Gasteiger partial charge in [-0.2, -0.15) is 0 Å². The molecule has 1 heterocycles. The monoisotopic (exact) mass is 358 g/mol. The van der Waals surface area contributed by atoms with Crippen LogP contribution < -0.4 is 0 Å². The predicted octanol–water partition coefficient (Wildman–Crippen LogP) is 3.81. The van der Waals surface area contributed by atoms with E-state index in [9.17, 15) is 4.79 Å². The maximum Gasteiger partial charge on any atom is 0.410 e. The van der Waals surface area contributed by atoms with Crippen LogP contribution in [0.1, 0.15) is 41.5 Å². The lowest BCUT2D eigenvalue weighted by Gasteiger charge is -2.41. The van der Waals surface area contributed by atoms with E-state index in [-0.39, 0.29) is 11.1 Å². The molecule has 0 unspecified atom stereocenters. The first-order chi connectivity index (χ1) is 10.7. The van der Waals surface area contributed by atoms with E-state index in [1.807, 2.05) is 20.8 Å². The number of carbonyl (C=O) groups is 1. The highest BCUT2D eigenvalue weighted by atomic mass is 28.4. The van der Waals surface area contributed by atoms with Gasteiger partial charge >= 0.3 is 6.09 Å². The summed E-state index contributed by atoms with van der Waals surface area (Å²) >= 11 is 0. The lowest BCUT2D eigenvalue weighted by Crippen LogP contribution is -2.54. The number of rotatable bonds is 6. The molecule has 0 aromatic heterocycles. The Bertz CT molecular complexity index is 421. The van der Waals surface area contributed by atoms with Crippen molar-refractivity contribution in [3.05, 3.63) is 0 Å². The Kier molecular flexibility index (Phi) is 6.92. The van der Waals surface area contributed by atoms with Crippen molar-refractivity contribution >= 4 is 14.4 Å². The number of nitrogens with zero attached hydrogens (tertiary/aromatic N) is 2. The van der Waals surface area contributed by atoms with E-state index in [4.69, 9.17) is 9.16 Å². The highest BCUT2D eigenvalue weighted by molar-refractivity contribution is 6.74. The first-order valence-corrected chi connectivity index (χ1v) is 11.9. The molecule has 5 nitrogen and oxygen atoms in total. The fourth-order valence-corrected chi connectivity index (χ4v) is 3.40. The van der Waals surface area contributed by atoms with Gasteiger partial charge in [0.2, 0.25) is 0 Å². The van der Waals surface area contributed by atoms with Gasteiger partial charge in [-0.3, -0.25) is 0 Å². The molecule has 0 saturated carbocycles. The van der Waals surface area contributed by atoms with Crippen molar-refractivity contribution in [2.24, 2.45) is 5.92 Å². The molecule has 0 atom stereocenters. The molecule has 0 aliphatic carbocycles. The Labute approximate surface area is 149 Å². The van der Waals surface area contributed by atoms with Crippen LogP contribution in [0.15, 0.2) is 0 Å². The van der Waals surface area contributed by atoms with Crippen molar-refractivity contribution in [2.45, 2.75) is 65.3 Å². The average Bonchev–Trinajstić information content (AvgIpc) is 2.29. The quantitative estimate of drug-likeness (QED) is 0.677. The van der Waals surface area contributed by atoms with Gasteiger partial charge in [0.15, 0.2) is 8.32 Å². The van der Waals surface area contributed by atoms with Gasteiger partial charge in [-0.1, -0.05) is 20.8 Å². The van der Waals surface area contributed by atoms with E-state index < -0.39 is 13.9 Å². The molecular weight excluding hydrogens is 320 g/mol. The van der Waals surface area contributed by atoms with E-state index in [2.05, 4.69) is 45.8 Å². The number of amides is 1. The average molecular weight is 359 g/mol. The minimum atomic E-state index is -1.65. The number of likely N-dealkylation sites (tertiary alicyclic amines) is 1. The lowest BCUT2D eigenvalue weighted by molar-refractivity contribution is -0.00566. The summed E-state index contributed by atoms with van der Waals surface area (Å²) in [6.07, 6.45) is -0.192. The molecule has 6 heteroatoms. The largest absolute Gasteiger partial charge is 0.444 e. The Hall–Kier alpha value is -0.593. The first kappa shape index (κ1) is 21.4. The van der Waals surface area contributed by atoms with Gasteiger partial charge in [-0.05, 0) is 46.0 Å². The van der Waals surface area contributed by atoms with Gasteiger partial charge in [0.05, 0.1) is 0 Å². The van der Waals surface area contributed by atoms with Gasteiger partial charge in [-0.25, -0.2) is 4.79 Å². The third-order valence-electron chi connectivity index (χ3n) is 4.92. The Morgan fingerprint density at radius 1 is 1.17 bits per heavy atom. The number of hydrogen-bond donors (Lipinski definition) is 0. The van der Waals surface area contributed by atoms with Crippen molar-refractivity contribution in [1.29, 1.82) is 0 Å². The topological polar surface area (TPSA) is 42.0 Å². The van der Waals surface area contributed by atoms with E-state index in [1.54, 1.807) is 4.90 Å². The Morgan fingerprint density at radius 3 is 2.17 bits per heavy atom. The molecule has 1 rings (SSSR count). The third kappa shape index (κ3) is 6.73. The number of likely N-dealkylation sites (N-methyl/N-ethyl adjacent to an activating group) is 1. The number of ether oxygens (including phenoxy) is 1. The van der Waals surface area contributed by atoms with E-state index in [1.165, 1.54) is 0 Å². The van der Waals surface area contributed by atoms with Gasteiger partial charge in [-0.15, -0.1) is 0 Å². The van der Waals surface area contributed by atoms with E-state index >= 15 is 0 Å². The fraction of sp³-hybridized carbons (Fsp3) is 0.944.